The van der Waals surface area contributed by atoms with Gasteiger partial charge in [-0.3, -0.25) is 0 Å². The summed E-state index contributed by atoms with van der Waals surface area (Å²) in [7, 11) is 1.92. The Bertz CT molecular complexity index is 619. The minimum Gasteiger partial charge on any atom is -0.309 e. The molecule has 0 saturated carbocycles. The molecule has 84 valence electrons. The van der Waals surface area contributed by atoms with E-state index in [0.29, 0.717) is 0 Å². The number of aryl methyl sites for hydroxylation is 2. The Balaban J connectivity index is 2.19. The van der Waals surface area contributed by atoms with E-state index >= 15 is 0 Å². The summed E-state index contributed by atoms with van der Waals surface area (Å²) in [5.74, 6) is 6.40. The van der Waals surface area contributed by atoms with Crippen LogP contribution in [0.25, 0.3) is 10.8 Å². The Labute approximate surface area is 102 Å². The smallest absolute Gasteiger partial charge is 0.0577 e. The van der Waals surface area contributed by atoms with E-state index in [-0.39, 0.29) is 0 Å². The fourth-order valence-electron chi connectivity index (χ4n) is 2.58. The maximum atomic E-state index is 3.26. The zero-order valence-electron chi connectivity index (χ0n) is 10.0. The Morgan fingerprint density at radius 3 is 2.76 bits per heavy atom. The van der Waals surface area contributed by atoms with Crippen LogP contribution in [0.3, 0.4) is 0 Å². The van der Waals surface area contributed by atoms with Crippen molar-refractivity contribution in [1.29, 1.82) is 0 Å². The first kappa shape index (κ1) is 10.4. The molecule has 1 aliphatic carbocycles. The van der Waals surface area contributed by atoms with E-state index in [1.165, 1.54) is 34.7 Å². The van der Waals surface area contributed by atoms with Crippen LogP contribution in [0.4, 0.5) is 0 Å². The molecule has 3 rings (SSSR count). The SMILES string of the molecule is CNCC#Cc1ccc2c3c(cccc13)CC2. The average molecular weight is 221 g/mol. The highest BCUT2D eigenvalue weighted by Crippen LogP contribution is 2.32. The van der Waals surface area contributed by atoms with Crippen LogP contribution >= 0.6 is 0 Å². The molecule has 0 radical (unpaired) electrons. The molecular weight excluding hydrogens is 206 g/mol. The fraction of sp³-hybridized carbons (Fsp3) is 0.250. The first-order valence-electron chi connectivity index (χ1n) is 6.07. The first-order chi connectivity index (χ1) is 8.40. The van der Waals surface area contributed by atoms with Crippen molar-refractivity contribution in [2.24, 2.45) is 0 Å². The quantitative estimate of drug-likeness (QED) is 0.730. The minimum absolute atomic E-state index is 0.739. The fourth-order valence-corrected chi connectivity index (χ4v) is 2.58. The minimum atomic E-state index is 0.739. The molecule has 1 N–H and O–H groups in total. The van der Waals surface area contributed by atoms with Crippen LogP contribution in [-0.2, 0) is 12.8 Å². The molecule has 1 aliphatic rings. The van der Waals surface area contributed by atoms with Crippen LogP contribution < -0.4 is 5.32 Å². The third-order valence-corrected chi connectivity index (χ3v) is 3.37. The number of benzene rings is 2. The number of hydrogen-bond donors (Lipinski definition) is 1. The molecule has 0 heterocycles. The topological polar surface area (TPSA) is 12.0 Å². The van der Waals surface area contributed by atoms with Gasteiger partial charge in [-0.15, -0.1) is 0 Å². The first-order valence-corrected chi connectivity index (χ1v) is 6.07. The van der Waals surface area contributed by atoms with Gasteiger partial charge in [0.15, 0.2) is 0 Å². The molecule has 1 heteroatoms. The van der Waals surface area contributed by atoms with Crippen LogP contribution in [0.15, 0.2) is 30.3 Å². The molecule has 17 heavy (non-hydrogen) atoms. The van der Waals surface area contributed by atoms with E-state index in [0.717, 1.165) is 12.1 Å². The van der Waals surface area contributed by atoms with Gasteiger partial charge in [0.25, 0.3) is 0 Å². The van der Waals surface area contributed by atoms with Crippen molar-refractivity contribution in [3.8, 4) is 11.8 Å². The second kappa shape index (κ2) is 4.24. The van der Waals surface area contributed by atoms with Gasteiger partial charge in [-0.05, 0) is 47.9 Å². The van der Waals surface area contributed by atoms with E-state index in [2.05, 4.69) is 47.5 Å². The summed E-state index contributed by atoms with van der Waals surface area (Å²) in [6.45, 7) is 0.739. The lowest BCUT2D eigenvalue weighted by atomic mass is 10.0. The molecular formula is C16H15N. The van der Waals surface area contributed by atoms with Crippen molar-refractivity contribution in [2.75, 3.05) is 13.6 Å². The summed E-state index contributed by atoms with van der Waals surface area (Å²) >= 11 is 0. The predicted octanol–water partition coefficient (Wildman–Crippen LogP) is 2.51. The van der Waals surface area contributed by atoms with Crippen molar-refractivity contribution in [2.45, 2.75) is 12.8 Å². The lowest BCUT2D eigenvalue weighted by Gasteiger charge is -2.03. The second-order valence-corrected chi connectivity index (χ2v) is 4.44. The van der Waals surface area contributed by atoms with Crippen LogP contribution in [0.5, 0.6) is 0 Å². The van der Waals surface area contributed by atoms with Crippen LogP contribution in [0.2, 0.25) is 0 Å². The lowest BCUT2D eigenvalue weighted by molar-refractivity contribution is 0.938. The molecule has 0 aromatic heterocycles. The van der Waals surface area contributed by atoms with Gasteiger partial charge in [0.2, 0.25) is 0 Å². The highest BCUT2D eigenvalue weighted by Gasteiger charge is 2.14. The standard InChI is InChI=1S/C16H15N/c1-17-11-3-5-12-7-8-14-10-9-13-4-2-6-15(12)16(13)14/h2,4,6-8,17H,9-11H2,1H3. The Morgan fingerprint density at radius 2 is 1.94 bits per heavy atom. The van der Waals surface area contributed by atoms with Crippen molar-refractivity contribution in [3.63, 3.8) is 0 Å². The molecule has 0 saturated heterocycles. The van der Waals surface area contributed by atoms with Gasteiger partial charge in [-0.25, -0.2) is 0 Å². The largest absolute Gasteiger partial charge is 0.309 e. The average Bonchev–Trinajstić information content (AvgIpc) is 2.78. The van der Waals surface area contributed by atoms with E-state index in [4.69, 9.17) is 0 Å². The molecule has 0 bridgehead atoms. The lowest BCUT2D eigenvalue weighted by Crippen LogP contribution is -2.04. The highest BCUT2D eigenvalue weighted by molar-refractivity contribution is 5.94. The van der Waals surface area contributed by atoms with Crippen molar-refractivity contribution >= 4 is 10.8 Å². The van der Waals surface area contributed by atoms with E-state index < -0.39 is 0 Å². The summed E-state index contributed by atoms with van der Waals surface area (Å²) in [6, 6.07) is 11.0. The monoisotopic (exact) mass is 221 g/mol. The zero-order chi connectivity index (χ0) is 11.7. The van der Waals surface area contributed by atoms with E-state index in [9.17, 15) is 0 Å². The molecule has 0 unspecified atom stereocenters. The van der Waals surface area contributed by atoms with Gasteiger partial charge in [0, 0.05) is 5.56 Å². The summed E-state index contributed by atoms with van der Waals surface area (Å²) in [6.07, 6.45) is 2.36. The molecule has 2 aromatic carbocycles. The second-order valence-electron chi connectivity index (χ2n) is 4.44. The van der Waals surface area contributed by atoms with Crippen molar-refractivity contribution in [1.82, 2.24) is 5.32 Å². The summed E-state index contributed by atoms with van der Waals surface area (Å²) in [4.78, 5) is 0. The van der Waals surface area contributed by atoms with Crippen molar-refractivity contribution < 1.29 is 0 Å². The summed E-state index contributed by atoms with van der Waals surface area (Å²) < 4.78 is 0. The maximum Gasteiger partial charge on any atom is 0.0577 e. The Hall–Kier alpha value is -1.78. The van der Waals surface area contributed by atoms with Crippen LogP contribution in [0, 0.1) is 11.8 Å². The molecule has 2 aromatic rings. The van der Waals surface area contributed by atoms with Crippen LogP contribution in [0.1, 0.15) is 16.7 Å². The van der Waals surface area contributed by atoms with Gasteiger partial charge in [0.1, 0.15) is 0 Å². The molecule has 0 fully saturated rings. The zero-order valence-corrected chi connectivity index (χ0v) is 10.0. The third-order valence-electron chi connectivity index (χ3n) is 3.37. The number of nitrogens with one attached hydrogen (secondary N) is 1. The number of hydrogen-bond acceptors (Lipinski definition) is 1. The van der Waals surface area contributed by atoms with Gasteiger partial charge in [-0.2, -0.15) is 0 Å². The number of rotatable bonds is 1. The predicted molar refractivity (Wildman–Crippen MR) is 72.2 cm³/mol. The molecule has 0 spiro atoms. The normalized spacial score (nSPS) is 12.5. The van der Waals surface area contributed by atoms with Gasteiger partial charge < -0.3 is 5.32 Å². The van der Waals surface area contributed by atoms with E-state index in [1.54, 1.807) is 0 Å². The molecule has 0 amide bonds. The Morgan fingerprint density at radius 1 is 1.12 bits per heavy atom. The third kappa shape index (κ3) is 1.71. The Kier molecular flexibility index (Phi) is 2.59. The van der Waals surface area contributed by atoms with Gasteiger partial charge in [-0.1, -0.05) is 36.1 Å². The summed E-state index contributed by atoms with van der Waals surface area (Å²) in [5, 5.41) is 5.82. The van der Waals surface area contributed by atoms with Crippen molar-refractivity contribution in [3.05, 3.63) is 47.0 Å². The van der Waals surface area contributed by atoms with Gasteiger partial charge in [0.05, 0.1) is 6.54 Å². The molecule has 0 aliphatic heterocycles. The molecule has 0 atom stereocenters. The van der Waals surface area contributed by atoms with E-state index in [1.807, 2.05) is 7.05 Å². The highest BCUT2D eigenvalue weighted by atomic mass is 14.8. The molecule has 1 nitrogen and oxygen atoms in total. The van der Waals surface area contributed by atoms with Gasteiger partial charge >= 0.3 is 0 Å². The van der Waals surface area contributed by atoms with Crippen LogP contribution in [-0.4, -0.2) is 13.6 Å². The maximum absolute atomic E-state index is 3.26. The summed E-state index contributed by atoms with van der Waals surface area (Å²) in [5.41, 5.74) is 4.12.